The number of rotatable bonds is 4. The number of nitrogens with zero attached hydrogens (tertiary/aromatic N) is 1. The van der Waals surface area contributed by atoms with Gasteiger partial charge in [0.2, 0.25) is 0 Å². The number of thiazole rings is 1. The molecule has 2 nitrogen and oxygen atoms in total. The number of aryl methyl sites for hydroxylation is 2. The van der Waals surface area contributed by atoms with Gasteiger partial charge in [0.25, 0.3) is 0 Å². The van der Waals surface area contributed by atoms with Gasteiger partial charge in [-0.2, -0.15) is 0 Å². The molecule has 2 fully saturated rings. The van der Waals surface area contributed by atoms with Crippen LogP contribution in [0, 0.1) is 12.3 Å². The van der Waals surface area contributed by atoms with Crippen molar-refractivity contribution >= 4 is 11.3 Å². The SMILES string of the molecule is CCNC1(c2nc(CC)c(C)s2)CCC2(CCCC2)CC1. The predicted octanol–water partition coefficient (Wildman–Crippen LogP) is 4.95. The molecule has 0 radical (unpaired) electrons. The third-order valence-electron chi connectivity index (χ3n) is 5.98. The Balaban J connectivity index is 1.83. The van der Waals surface area contributed by atoms with Crippen molar-refractivity contribution in [3.63, 3.8) is 0 Å². The Morgan fingerprint density at radius 3 is 2.24 bits per heavy atom. The normalized spacial score (nSPS) is 23.8. The highest BCUT2D eigenvalue weighted by Gasteiger charge is 2.45. The Morgan fingerprint density at radius 2 is 1.71 bits per heavy atom. The van der Waals surface area contributed by atoms with E-state index in [1.165, 1.54) is 66.9 Å². The second-order valence-electron chi connectivity index (χ2n) is 7.19. The first-order valence-electron chi connectivity index (χ1n) is 8.85. The summed E-state index contributed by atoms with van der Waals surface area (Å²) in [5.41, 5.74) is 2.18. The zero-order valence-electron chi connectivity index (χ0n) is 13.9. The van der Waals surface area contributed by atoms with Crippen LogP contribution in [0.3, 0.4) is 0 Å². The lowest BCUT2D eigenvalue weighted by Gasteiger charge is -2.44. The summed E-state index contributed by atoms with van der Waals surface area (Å²) < 4.78 is 0. The first-order chi connectivity index (χ1) is 10.1. The summed E-state index contributed by atoms with van der Waals surface area (Å²) in [6.07, 6.45) is 12.3. The zero-order chi connectivity index (χ0) is 14.9. The molecule has 1 aromatic heterocycles. The third-order valence-corrected chi connectivity index (χ3v) is 7.20. The van der Waals surface area contributed by atoms with E-state index in [2.05, 4.69) is 26.1 Å². The van der Waals surface area contributed by atoms with Crippen LogP contribution in [-0.2, 0) is 12.0 Å². The molecule has 1 spiro atoms. The quantitative estimate of drug-likeness (QED) is 0.851. The van der Waals surface area contributed by atoms with Crippen LogP contribution in [0.1, 0.15) is 80.8 Å². The Kier molecular flexibility index (Phi) is 4.42. The van der Waals surface area contributed by atoms with Gasteiger partial charge in [0, 0.05) is 4.88 Å². The van der Waals surface area contributed by atoms with E-state index < -0.39 is 0 Å². The molecule has 0 unspecified atom stereocenters. The summed E-state index contributed by atoms with van der Waals surface area (Å²) in [4.78, 5) is 6.44. The van der Waals surface area contributed by atoms with Gasteiger partial charge in [-0.25, -0.2) is 4.98 Å². The van der Waals surface area contributed by atoms with Crippen molar-refractivity contribution in [2.24, 2.45) is 5.41 Å². The van der Waals surface area contributed by atoms with Crippen molar-refractivity contribution in [2.45, 2.75) is 84.1 Å². The lowest BCUT2D eigenvalue weighted by molar-refractivity contribution is 0.110. The highest BCUT2D eigenvalue weighted by molar-refractivity contribution is 7.11. The average molecular weight is 307 g/mol. The van der Waals surface area contributed by atoms with Gasteiger partial charge in [-0.1, -0.05) is 26.7 Å². The molecular formula is C18H30N2S. The molecule has 1 N–H and O–H groups in total. The predicted molar refractivity (Wildman–Crippen MR) is 91.0 cm³/mol. The zero-order valence-corrected chi connectivity index (χ0v) is 14.7. The van der Waals surface area contributed by atoms with E-state index in [0.29, 0.717) is 5.41 Å². The van der Waals surface area contributed by atoms with Crippen molar-refractivity contribution in [1.82, 2.24) is 10.3 Å². The first kappa shape index (κ1) is 15.5. The van der Waals surface area contributed by atoms with Crippen molar-refractivity contribution in [3.8, 4) is 0 Å². The highest BCUT2D eigenvalue weighted by atomic mass is 32.1. The molecule has 1 heterocycles. The minimum absolute atomic E-state index is 0.172. The number of hydrogen-bond donors (Lipinski definition) is 1. The van der Waals surface area contributed by atoms with Crippen molar-refractivity contribution in [3.05, 3.63) is 15.6 Å². The largest absolute Gasteiger partial charge is 0.306 e. The van der Waals surface area contributed by atoms with Crippen LogP contribution in [0.15, 0.2) is 0 Å². The topological polar surface area (TPSA) is 24.9 Å². The third kappa shape index (κ3) is 2.79. The Bertz CT molecular complexity index is 475. The number of nitrogens with one attached hydrogen (secondary N) is 1. The molecule has 2 aliphatic carbocycles. The summed E-state index contributed by atoms with van der Waals surface area (Å²) in [6.45, 7) is 7.75. The van der Waals surface area contributed by atoms with E-state index in [-0.39, 0.29) is 5.54 Å². The van der Waals surface area contributed by atoms with Gasteiger partial charge in [-0.15, -0.1) is 11.3 Å². The van der Waals surface area contributed by atoms with Crippen LogP contribution in [-0.4, -0.2) is 11.5 Å². The van der Waals surface area contributed by atoms with Crippen molar-refractivity contribution in [2.75, 3.05) is 6.54 Å². The van der Waals surface area contributed by atoms with E-state index >= 15 is 0 Å². The number of aromatic nitrogens is 1. The van der Waals surface area contributed by atoms with Gasteiger partial charge in [0.1, 0.15) is 5.01 Å². The molecule has 2 saturated carbocycles. The molecule has 118 valence electrons. The molecule has 3 heteroatoms. The van der Waals surface area contributed by atoms with Gasteiger partial charge in [0.15, 0.2) is 0 Å². The van der Waals surface area contributed by atoms with Gasteiger partial charge >= 0.3 is 0 Å². The van der Waals surface area contributed by atoms with Crippen LogP contribution in [0.2, 0.25) is 0 Å². The Labute approximate surface area is 133 Å². The first-order valence-corrected chi connectivity index (χ1v) is 9.66. The monoisotopic (exact) mass is 306 g/mol. The molecule has 2 aliphatic rings. The van der Waals surface area contributed by atoms with Crippen molar-refractivity contribution < 1.29 is 0 Å². The Morgan fingerprint density at radius 1 is 1.05 bits per heavy atom. The second kappa shape index (κ2) is 6.00. The van der Waals surface area contributed by atoms with E-state index in [0.717, 1.165) is 13.0 Å². The smallest absolute Gasteiger partial charge is 0.113 e. The summed E-state index contributed by atoms with van der Waals surface area (Å²) in [6, 6.07) is 0. The fraction of sp³-hybridized carbons (Fsp3) is 0.833. The van der Waals surface area contributed by atoms with Crippen LogP contribution >= 0.6 is 11.3 Å². The summed E-state index contributed by atoms with van der Waals surface area (Å²) in [5.74, 6) is 0. The minimum atomic E-state index is 0.172. The number of hydrogen-bond acceptors (Lipinski definition) is 3. The molecule has 0 aliphatic heterocycles. The van der Waals surface area contributed by atoms with Crippen LogP contribution in [0.5, 0.6) is 0 Å². The fourth-order valence-corrected chi connectivity index (χ4v) is 5.82. The lowest BCUT2D eigenvalue weighted by atomic mass is 9.66. The highest BCUT2D eigenvalue weighted by Crippen LogP contribution is 2.54. The molecular weight excluding hydrogens is 276 g/mol. The van der Waals surface area contributed by atoms with Gasteiger partial charge in [-0.3, -0.25) is 0 Å². The lowest BCUT2D eigenvalue weighted by Crippen LogP contribution is -2.47. The van der Waals surface area contributed by atoms with Crippen LogP contribution in [0.4, 0.5) is 0 Å². The molecule has 3 rings (SSSR count). The van der Waals surface area contributed by atoms with Gasteiger partial charge in [-0.05, 0) is 63.8 Å². The second-order valence-corrected chi connectivity index (χ2v) is 8.40. The molecule has 0 atom stereocenters. The Hall–Kier alpha value is -0.410. The molecule has 0 bridgehead atoms. The van der Waals surface area contributed by atoms with Crippen molar-refractivity contribution in [1.29, 1.82) is 0 Å². The van der Waals surface area contributed by atoms with Crippen LogP contribution < -0.4 is 5.32 Å². The van der Waals surface area contributed by atoms with E-state index in [9.17, 15) is 0 Å². The standard InChI is InChI=1S/C18H30N2S/c1-4-15-14(3)21-16(20-15)18(19-5-2)12-10-17(11-13-18)8-6-7-9-17/h19H,4-13H2,1-3H3. The van der Waals surface area contributed by atoms with Gasteiger partial charge in [0.05, 0.1) is 11.2 Å². The van der Waals surface area contributed by atoms with E-state index in [4.69, 9.17) is 4.98 Å². The molecule has 21 heavy (non-hydrogen) atoms. The van der Waals surface area contributed by atoms with Gasteiger partial charge < -0.3 is 5.32 Å². The van der Waals surface area contributed by atoms with E-state index in [1.807, 2.05) is 11.3 Å². The molecule has 0 aromatic carbocycles. The maximum Gasteiger partial charge on any atom is 0.113 e. The fourth-order valence-electron chi connectivity index (χ4n) is 4.60. The van der Waals surface area contributed by atoms with Crippen LogP contribution in [0.25, 0.3) is 0 Å². The average Bonchev–Trinajstić information content (AvgIpc) is 3.10. The summed E-state index contributed by atoms with van der Waals surface area (Å²) >= 11 is 1.94. The maximum atomic E-state index is 5.01. The molecule has 0 saturated heterocycles. The van der Waals surface area contributed by atoms with E-state index in [1.54, 1.807) is 0 Å². The maximum absolute atomic E-state index is 5.01. The minimum Gasteiger partial charge on any atom is -0.306 e. The summed E-state index contributed by atoms with van der Waals surface area (Å²) in [5, 5.41) is 5.20. The molecule has 1 aromatic rings. The summed E-state index contributed by atoms with van der Waals surface area (Å²) in [7, 11) is 0. The molecule has 0 amide bonds.